The van der Waals surface area contributed by atoms with Gasteiger partial charge < -0.3 is 9.64 Å². The molecular weight excluding hydrogens is 265 g/mol. The van der Waals surface area contributed by atoms with Crippen LogP contribution in [0.1, 0.15) is 31.0 Å². The van der Waals surface area contributed by atoms with E-state index in [2.05, 4.69) is 24.8 Å². The van der Waals surface area contributed by atoms with Gasteiger partial charge in [-0.05, 0) is 29.8 Å². The van der Waals surface area contributed by atoms with Crippen LogP contribution in [0.15, 0.2) is 42.5 Å². The Bertz CT molecular complexity index is 710. The van der Waals surface area contributed by atoms with E-state index in [9.17, 15) is 4.39 Å². The van der Waals surface area contributed by atoms with Crippen LogP contribution in [0.4, 0.5) is 10.1 Å². The molecule has 2 aliphatic heterocycles. The number of para-hydroxylation sites is 1. The van der Waals surface area contributed by atoms with E-state index in [1.165, 1.54) is 5.56 Å². The zero-order chi connectivity index (χ0) is 14.6. The first-order valence-electron chi connectivity index (χ1n) is 7.35. The lowest BCUT2D eigenvalue weighted by molar-refractivity contribution is 0.324. The maximum atomic E-state index is 13.6. The summed E-state index contributed by atoms with van der Waals surface area (Å²) < 4.78 is 19.4. The average molecular weight is 283 g/mol. The number of nitrogens with zero attached hydrogens (tertiary/aromatic N) is 1. The van der Waals surface area contributed by atoms with E-state index in [1.54, 1.807) is 12.1 Å². The van der Waals surface area contributed by atoms with Crippen LogP contribution in [-0.2, 0) is 5.41 Å². The molecule has 0 radical (unpaired) electrons. The summed E-state index contributed by atoms with van der Waals surface area (Å²) in [6, 6.07) is 13.5. The van der Waals surface area contributed by atoms with Crippen LogP contribution in [0.2, 0.25) is 0 Å². The van der Waals surface area contributed by atoms with E-state index in [0.717, 1.165) is 23.5 Å². The smallest absolute Gasteiger partial charge is 0.124 e. The zero-order valence-corrected chi connectivity index (χ0v) is 12.3. The van der Waals surface area contributed by atoms with E-state index in [0.29, 0.717) is 6.61 Å². The lowest BCUT2D eigenvalue weighted by atomic mass is 9.87. The number of fused-ring (bicyclic) bond motifs is 2. The summed E-state index contributed by atoms with van der Waals surface area (Å²) in [6.45, 7) is 5.89. The molecule has 0 amide bonds. The van der Waals surface area contributed by atoms with Gasteiger partial charge in [-0.15, -0.1) is 0 Å². The number of hydrogen-bond acceptors (Lipinski definition) is 2. The minimum atomic E-state index is -0.160. The minimum absolute atomic E-state index is 0.0467. The Balaban J connectivity index is 1.80. The van der Waals surface area contributed by atoms with Gasteiger partial charge in [0.1, 0.15) is 18.2 Å². The highest BCUT2D eigenvalue weighted by molar-refractivity contribution is 5.64. The third-order valence-corrected chi connectivity index (χ3v) is 4.61. The van der Waals surface area contributed by atoms with Crippen molar-refractivity contribution in [3.63, 3.8) is 0 Å². The van der Waals surface area contributed by atoms with Gasteiger partial charge in [-0.25, -0.2) is 4.39 Å². The van der Waals surface area contributed by atoms with Crippen LogP contribution in [0, 0.1) is 5.82 Å². The number of anilines is 1. The molecule has 0 N–H and O–H groups in total. The van der Waals surface area contributed by atoms with E-state index in [1.807, 2.05) is 24.3 Å². The molecule has 2 nitrogen and oxygen atoms in total. The van der Waals surface area contributed by atoms with E-state index >= 15 is 0 Å². The van der Waals surface area contributed by atoms with Crippen LogP contribution in [0.3, 0.4) is 0 Å². The van der Waals surface area contributed by atoms with Gasteiger partial charge in [0.15, 0.2) is 0 Å². The van der Waals surface area contributed by atoms with Gasteiger partial charge in [0.05, 0.1) is 6.04 Å². The second kappa shape index (κ2) is 4.23. The van der Waals surface area contributed by atoms with Crippen LogP contribution in [0.25, 0.3) is 0 Å². The van der Waals surface area contributed by atoms with Gasteiger partial charge in [-0.3, -0.25) is 0 Å². The number of halogens is 1. The van der Waals surface area contributed by atoms with Gasteiger partial charge >= 0.3 is 0 Å². The summed E-state index contributed by atoms with van der Waals surface area (Å²) in [7, 11) is 0. The molecule has 4 rings (SSSR count). The first-order chi connectivity index (χ1) is 10.1. The molecule has 0 saturated carbocycles. The topological polar surface area (TPSA) is 12.5 Å². The van der Waals surface area contributed by atoms with Crippen molar-refractivity contribution in [2.45, 2.75) is 25.3 Å². The predicted octanol–water partition coefficient (Wildman–Crippen LogP) is 4.06. The summed E-state index contributed by atoms with van der Waals surface area (Å²) in [4.78, 5) is 2.36. The van der Waals surface area contributed by atoms with Gasteiger partial charge in [0, 0.05) is 23.2 Å². The molecule has 0 fully saturated rings. The molecule has 2 heterocycles. The molecule has 0 bridgehead atoms. The van der Waals surface area contributed by atoms with Crippen molar-refractivity contribution >= 4 is 5.69 Å². The summed E-state index contributed by atoms with van der Waals surface area (Å²) in [6.07, 6.45) is 0. The third kappa shape index (κ3) is 1.84. The van der Waals surface area contributed by atoms with Crippen molar-refractivity contribution in [2.24, 2.45) is 0 Å². The Hall–Kier alpha value is -2.03. The Labute approximate surface area is 124 Å². The Morgan fingerprint density at radius 3 is 2.86 bits per heavy atom. The molecule has 3 heteroatoms. The Morgan fingerprint density at radius 1 is 1.19 bits per heavy atom. The van der Waals surface area contributed by atoms with Crippen molar-refractivity contribution in [1.82, 2.24) is 0 Å². The molecule has 2 aromatic carbocycles. The van der Waals surface area contributed by atoms with Crippen LogP contribution >= 0.6 is 0 Å². The number of hydrogen-bond donors (Lipinski definition) is 0. The second-order valence-corrected chi connectivity index (χ2v) is 6.54. The molecule has 21 heavy (non-hydrogen) atoms. The lowest BCUT2D eigenvalue weighted by Gasteiger charge is -2.28. The molecule has 108 valence electrons. The third-order valence-electron chi connectivity index (χ3n) is 4.61. The fourth-order valence-corrected chi connectivity index (χ4v) is 3.58. The number of rotatable bonds is 1. The molecule has 2 aliphatic rings. The van der Waals surface area contributed by atoms with Gasteiger partial charge in [-0.1, -0.05) is 32.0 Å². The van der Waals surface area contributed by atoms with Crippen molar-refractivity contribution in [3.8, 4) is 5.75 Å². The zero-order valence-electron chi connectivity index (χ0n) is 12.3. The van der Waals surface area contributed by atoms with Crippen molar-refractivity contribution in [1.29, 1.82) is 0 Å². The Kier molecular flexibility index (Phi) is 2.56. The minimum Gasteiger partial charge on any atom is -0.491 e. The largest absolute Gasteiger partial charge is 0.491 e. The van der Waals surface area contributed by atoms with Gasteiger partial charge in [-0.2, -0.15) is 0 Å². The average Bonchev–Trinajstić information content (AvgIpc) is 2.98. The summed E-state index contributed by atoms with van der Waals surface area (Å²) in [5.41, 5.74) is 3.40. The fourth-order valence-electron chi connectivity index (χ4n) is 3.58. The standard InChI is InChI=1S/C18H18FNO/c1-18(2)11-20(15-8-7-12(19)9-14(15)18)16-10-21-17-6-4-3-5-13(16)17/h3-9,16H,10-11H2,1-2H3. The lowest BCUT2D eigenvalue weighted by Crippen LogP contribution is -2.32. The fraction of sp³-hybridized carbons (Fsp3) is 0.333. The SMILES string of the molecule is CC1(C)CN(C2COc3ccccc32)c2ccc(F)cc21. The van der Waals surface area contributed by atoms with Crippen LogP contribution in [-0.4, -0.2) is 13.2 Å². The predicted molar refractivity (Wildman–Crippen MR) is 81.5 cm³/mol. The van der Waals surface area contributed by atoms with Crippen molar-refractivity contribution in [3.05, 3.63) is 59.4 Å². The summed E-state index contributed by atoms with van der Waals surface area (Å²) >= 11 is 0. The maximum Gasteiger partial charge on any atom is 0.124 e. The highest BCUT2D eigenvalue weighted by atomic mass is 19.1. The maximum absolute atomic E-state index is 13.6. The van der Waals surface area contributed by atoms with E-state index < -0.39 is 0 Å². The molecule has 2 aromatic rings. The van der Waals surface area contributed by atoms with Crippen LogP contribution in [0.5, 0.6) is 5.75 Å². The highest BCUT2D eigenvalue weighted by Crippen LogP contribution is 2.47. The monoisotopic (exact) mass is 283 g/mol. The molecule has 0 spiro atoms. The number of ether oxygens (including phenoxy) is 1. The normalized spacial score (nSPS) is 21.9. The number of benzene rings is 2. The Morgan fingerprint density at radius 2 is 2.00 bits per heavy atom. The van der Waals surface area contributed by atoms with Gasteiger partial charge in [0.2, 0.25) is 0 Å². The van der Waals surface area contributed by atoms with Crippen LogP contribution < -0.4 is 9.64 Å². The van der Waals surface area contributed by atoms with Crippen molar-refractivity contribution < 1.29 is 9.13 Å². The quantitative estimate of drug-likeness (QED) is 0.782. The van der Waals surface area contributed by atoms with Gasteiger partial charge in [0.25, 0.3) is 0 Å². The molecular formula is C18H18FNO. The second-order valence-electron chi connectivity index (χ2n) is 6.54. The first kappa shape index (κ1) is 12.7. The molecule has 0 aromatic heterocycles. The molecule has 1 atom stereocenters. The summed E-state index contributed by atoms with van der Waals surface area (Å²) in [5.74, 6) is 0.808. The summed E-state index contributed by atoms with van der Waals surface area (Å²) in [5, 5.41) is 0. The molecule has 0 saturated heterocycles. The highest BCUT2D eigenvalue weighted by Gasteiger charge is 2.41. The van der Waals surface area contributed by atoms with Crippen molar-refractivity contribution in [2.75, 3.05) is 18.1 Å². The molecule has 0 aliphatic carbocycles. The van der Waals surface area contributed by atoms with E-state index in [4.69, 9.17) is 4.74 Å². The molecule has 1 unspecified atom stereocenters. The first-order valence-corrected chi connectivity index (χ1v) is 7.35. The van der Waals surface area contributed by atoms with E-state index in [-0.39, 0.29) is 17.3 Å².